The topological polar surface area (TPSA) is 70.5 Å². The molecule has 2 heterocycles. The van der Waals surface area contributed by atoms with Crippen molar-refractivity contribution in [3.8, 4) is 0 Å². The lowest BCUT2D eigenvalue weighted by Crippen LogP contribution is -2.41. The van der Waals surface area contributed by atoms with Crippen LogP contribution in [0.25, 0.3) is 0 Å². The third kappa shape index (κ3) is 2.10. The first kappa shape index (κ1) is 14.4. The minimum Gasteiger partial charge on any atom is -0.375 e. The molecule has 1 N–H and O–H groups in total. The van der Waals surface area contributed by atoms with Gasteiger partial charge < -0.3 is 10.0 Å². The summed E-state index contributed by atoms with van der Waals surface area (Å²) >= 11 is 0. The van der Waals surface area contributed by atoms with Gasteiger partial charge in [0.05, 0.1) is 12.1 Å². The van der Waals surface area contributed by atoms with Gasteiger partial charge in [0.15, 0.2) is 11.4 Å². The molecule has 1 aliphatic heterocycles. The summed E-state index contributed by atoms with van der Waals surface area (Å²) in [6, 6.07) is 10.3. The number of carbonyl (C=O) groups excluding carboxylic acids is 2. The van der Waals surface area contributed by atoms with E-state index in [1.54, 1.807) is 36.5 Å². The largest absolute Gasteiger partial charge is 0.375 e. The maximum absolute atomic E-state index is 12.6. The minimum atomic E-state index is -1.81. The van der Waals surface area contributed by atoms with Crippen molar-refractivity contribution < 1.29 is 14.7 Å². The molecule has 0 aliphatic carbocycles. The number of carbonyl (C=O) groups is 2. The second kappa shape index (κ2) is 5.35. The Hall–Kier alpha value is -2.53. The normalized spacial score (nSPS) is 20.1. The van der Waals surface area contributed by atoms with Crippen LogP contribution in [0.4, 0.5) is 5.69 Å². The van der Waals surface area contributed by atoms with E-state index in [1.807, 2.05) is 13.0 Å². The summed E-state index contributed by atoms with van der Waals surface area (Å²) in [5.41, 5.74) is -0.272. The van der Waals surface area contributed by atoms with Crippen LogP contribution in [-0.4, -0.2) is 28.3 Å². The number of para-hydroxylation sites is 1. The van der Waals surface area contributed by atoms with E-state index in [1.165, 1.54) is 11.1 Å². The molecule has 1 aliphatic rings. The van der Waals surface area contributed by atoms with Crippen LogP contribution >= 0.6 is 0 Å². The third-order valence-electron chi connectivity index (χ3n) is 3.96. The van der Waals surface area contributed by atoms with Crippen molar-refractivity contribution in [1.29, 1.82) is 0 Å². The molecule has 5 heteroatoms. The van der Waals surface area contributed by atoms with Gasteiger partial charge >= 0.3 is 0 Å². The second-order valence-corrected chi connectivity index (χ2v) is 5.27. The number of nitrogens with zero attached hydrogens (tertiary/aromatic N) is 2. The average Bonchev–Trinajstić information content (AvgIpc) is 2.76. The number of likely N-dealkylation sites (N-methyl/N-ethyl adjacent to an activating group) is 1. The Balaban J connectivity index is 1.99. The Bertz CT molecular complexity index is 730. The molecule has 2 aromatic rings. The highest BCUT2D eigenvalue weighted by atomic mass is 16.3. The lowest BCUT2D eigenvalue weighted by molar-refractivity contribution is -0.135. The van der Waals surface area contributed by atoms with Crippen molar-refractivity contribution in [3.63, 3.8) is 0 Å². The van der Waals surface area contributed by atoms with Crippen molar-refractivity contribution in [1.82, 2.24) is 4.98 Å². The second-order valence-electron chi connectivity index (χ2n) is 5.27. The zero-order valence-electron chi connectivity index (χ0n) is 12.2. The number of ketones is 1. The molecule has 22 heavy (non-hydrogen) atoms. The first-order valence-electron chi connectivity index (χ1n) is 7.15. The van der Waals surface area contributed by atoms with E-state index in [0.29, 0.717) is 23.4 Å². The Morgan fingerprint density at radius 2 is 2.05 bits per heavy atom. The van der Waals surface area contributed by atoms with Crippen molar-refractivity contribution in [2.75, 3.05) is 11.4 Å². The first-order chi connectivity index (χ1) is 10.6. The van der Waals surface area contributed by atoms with Crippen molar-refractivity contribution in [3.05, 3.63) is 59.9 Å². The number of hydrogen-bond acceptors (Lipinski definition) is 4. The number of Topliss-reactive ketones (excluding diaryl/α,β-unsaturated/α-hetero) is 1. The summed E-state index contributed by atoms with van der Waals surface area (Å²) in [5, 5.41) is 10.9. The standard InChI is InChI=1S/C17H16N2O3/c1-2-19-14-8-4-3-7-13(14)17(22,16(19)21)10-15(20)12-6-5-9-18-11-12/h3-9,11,22H,2,10H2,1H3. The van der Waals surface area contributed by atoms with Gasteiger partial charge in [-0.25, -0.2) is 0 Å². The van der Waals surface area contributed by atoms with E-state index in [2.05, 4.69) is 4.98 Å². The molecular weight excluding hydrogens is 280 g/mol. The number of aliphatic hydroxyl groups is 1. The van der Waals surface area contributed by atoms with Gasteiger partial charge in [-0.1, -0.05) is 18.2 Å². The molecule has 1 aromatic heterocycles. The molecule has 1 amide bonds. The Labute approximate surface area is 128 Å². The van der Waals surface area contributed by atoms with Gasteiger partial charge in [-0.15, -0.1) is 0 Å². The summed E-state index contributed by atoms with van der Waals surface area (Å²) < 4.78 is 0. The molecule has 0 bridgehead atoms. The van der Waals surface area contributed by atoms with Gasteiger partial charge in [-0.2, -0.15) is 0 Å². The van der Waals surface area contributed by atoms with Gasteiger partial charge in [-0.3, -0.25) is 14.6 Å². The Morgan fingerprint density at radius 3 is 2.73 bits per heavy atom. The Morgan fingerprint density at radius 1 is 1.27 bits per heavy atom. The molecule has 1 aromatic carbocycles. The molecule has 1 atom stereocenters. The third-order valence-corrected chi connectivity index (χ3v) is 3.96. The summed E-state index contributed by atoms with van der Waals surface area (Å²) in [6.45, 7) is 2.28. The number of hydrogen-bond donors (Lipinski definition) is 1. The van der Waals surface area contributed by atoms with Gasteiger partial charge in [0.25, 0.3) is 5.91 Å². The van der Waals surface area contributed by atoms with Gasteiger partial charge in [0, 0.05) is 30.1 Å². The number of anilines is 1. The molecule has 0 saturated heterocycles. The molecule has 1 unspecified atom stereocenters. The smallest absolute Gasteiger partial charge is 0.264 e. The van der Waals surface area contributed by atoms with E-state index in [4.69, 9.17) is 0 Å². The summed E-state index contributed by atoms with van der Waals surface area (Å²) in [4.78, 5) is 30.4. The molecule has 0 saturated carbocycles. The summed E-state index contributed by atoms with van der Waals surface area (Å²) in [5.74, 6) is -0.759. The maximum Gasteiger partial charge on any atom is 0.264 e. The molecule has 0 radical (unpaired) electrons. The van der Waals surface area contributed by atoms with Crippen LogP contribution in [0, 0.1) is 0 Å². The fourth-order valence-corrected chi connectivity index (χ4v) is 2.85. The number of pyridine rings is 1. The highest BCUT2D eigenvalue weighted by molar-refractivity contribution is 6.10. The highest BCUT2D eigenvalue weighted by Crippen LogP contribution is 2.42. The maximum atomic E-state index is 12.6. The van der Waals surface area contributed by atoms with E-state index in [9.17, 15) is 14.7 Å². The minimum absolute atomic E-state index is 0.287. The van der Waals surface area contributed by atoms with Crippen LogP contribution in [-0.2, 0) is 10.4 Å². The zero-order valence-corrected chi connectivity index (χ0v) is 12.2. The molecule has 0 fully saturated rings. The predicted octanol–water partition coefficient (Wildman–Crippen LogP) is 1.91. The molecule has 0 spiro atoms. The zero-order chi connectivity index (χ0) is 15.7. The Kier molecular flexibility index (Phi) is 3.50. The van der Waals surface area contributed by atoms with Crippen LogP contribution in [0.1, 0.15) is 29.3 Å². The number of benzene rings is 1. The fraction of sp³-hybridized carbons (Fsp3) is 0.235. The average molecular weight is 296 g/mol. The summed E-state index contributed by atoms with van der Waals surface area (Å²) in [6.07, 6.45) is 2.72. The van der Waals surface area contributed by atoms with Gasteiger partial charge in [0.1, 0.15) is 0 Å². The summed E-state index contributed by atoms with van der Waals surface area (Å²) in [7, 11) is 0. The number of aromatic nitrogens is 1. The monoisotopic (exact) mass is 296 g/mol. The predicted molar refractivity (Wildman–Crippen MR) is 81.6 cm³/mol. The SMILES string of the molecule is CCN1C(=O)C(O)(CC(=O)c2cccnc2)c2ccccc21. The molecular formula is C17H16N2O3. The quantitative estimate of drug-likeness (QED) is 0.875. The van der Waals surface area contributed by atoms with Crippen molar-refractivity contribution in [2.45, 2.75) is 18.9 Å². The lowest BCUT2D eigenvalue weighted by atomic mass is 9.88. The van der Waals surface area contributed by atoms with Crippen LogP contribution in [0.15, 0.2) is 48.8 Å². The number of rotatable bonds is 4. The van der Waals surface area contributed by atoms with E-state index < -0.39 is 11.5 Å². The van der Waals surface area contributed by atoms with Gasteiger partial charge in [-0.05, 0) is 25.1 Å². The van der Waals surface area contributed by atoms with Crippen LogP contribution < -0.4 is 4.90 Å². The number of fused-ring (bicyclic) bond motifs is 1. The molecule has 3 rings (SSSR count). The van der Waals surface area contributed by atoms with Crippen LogP contribution in [0.3, 0.4) is 0 Å². The lowest BCUT2D eigenvalue weighted by Gasteiger charge is -2.22. The van der Waals surface area contributed by atoms with E-state index >= 15 is 0 Å². The first-order valence-corrected chi connectivity index (χ1v) is 7.15. The van der Waals surface area contributed by atoms with E-state index in [-0.39, 0.29) is 12.2 Å². The molecule has 112 valence electrons. The van der Waals surface area contributed by atoms with Crippen LogP contribution in [0.2, 0.25) is 0 Å². The fourth-order valence-electron chi connectivity index (χ4n) is 2.85. The highest BCUT2D eigenvalue weighted by Gasteiger charge is 2.50. The van der Waals surface area contributed by atoms with Crippen molar-refractivity contribution >= 4 is 17.4 Å². The molecule has 5 nitrogen and oxygen atoms in total. The van der Waals surface area contributed by atoms with Crippen molar-refractivity contribution in [2.24, 2.45) is 0 Å². The number of amides is 1. The van der Waals surface area contributed by atoms with Crippen LogP contribution in [0.5, 0.6) is 0 Å². The van der Waals surface area contributed by atoms with Gasteiger partial charge in [0.2, 0.25) is 0 Å². The van der Waals surface area contributed by atoms with E-state index in [0.717, 1.165) is 0 Å².